The van der Waals surface area contributed by atoms with Crippen molar-refractivity contribution in [2.24, 2.45) is 4.99 Å². The smallest absolute Gasteiger partial charge is 0.191 e. The molecule has 1 aromatic heterocycles. The first kappa shape index (κ1) is 19.6. The van der Waals surface area contributed by atoms with Crippen LogP contribution in [-0.2, 0) is 6.54 Å². The first-order chi connectivity index (χ1) is 13.3. The molecule has 0 aliphatic carbocycles. The van der Waals surface area contributed by atoms with E-state index in [1.807, 2.05) is 12.1 Å². The second-order valence-corrected chi connectivity index (χ2v) is 7.40. The molecule has 7 heteroatoms. The number of nitrogens with zero attached hydrogens (tertiary/aromatic N) is 3. The van der Waals surface area contributed by atoms with Crippen LogP contribution in [0.15, 0.2) is 46.1 Å². The van der Waals surface area contributed by atoms with Gasteiger partial charge in [0.05, 0.1) is 5.69 Å². The molecule has 1 fully saturated rings. The third-order valence-corrected chi connectivity index (χ3v) is 5.50. The lowest BCUT2D eigenvalue weighted by atomic mass is 10.2. The number of hydrogen-bond acceptors (Lipinski definition) is 4. The van der Waals surface area contributed by atoms with E-state index >= 15 is 0 Å². The van der Waals surface area contributed by atoms with Crippen molar-refractivity contribution in [2.75, 3.05) is 51.2 Å². The number of piperazine rings is 1. The van der Waals surface area contributed by atoms with Crippen molar-refractivity contribution in [1.82, 2.24) is 15.5 Å². The Morgan fingerprint density at radius 3 is 2.67 bits per heavy atom. The summed E-state index contributed by atoms with van der Waals surface area (Å²) in [7, 11) is 1.80. The highest BCUT2D eigenvalue weighted by Crippen LogP contribution is 2.20. The second kappa shape index (κ2) is 10.3. The van der Waals surface area contributed by atoms with Crippen LogP contribution in [0.25, 0.3) is 0 Å². The zero-order valence-corrected chi connectivity index (χ0v) is 16.6. The van der Waals surface area contributed by atoms with Gasteiger partial charge in [0.15, 0.2) is 5.96 Å². The van der Waals surface area contributed by atoms with E-state index < -0.39 is 0 Å². The molecule has 3 rings (SSSR count). The maximum atomic E-state index is 13.9. The Kier molecular flexibility index (Phi) is 7.47. The van der Waals surface area contributed by atoms with E-state index in [1.54, 1.807) is 24.5 Å². The van der Waals surface area contributed by atoms with Crippen LogP contribution in [0, 0.1) is 5.82 Å². The molecule has 0 atom stereocenters. The fourth-order valence-corrected chi connectivity index (χ4v) is 3.90. The van der Waals surface area contributed by atoms with Crippen molar-refractivity contribution in [1.29, 1.82) is 0 Å². The first-order valence-corrected chi connectivity index (χ1v) is 10.4. The van der Waals surface area contributed by atoms with Crippen molar-refractivity contribution in [3.8, 4) is 0 Å². The van der Waals surface area contributed by atoms with Gasteiger partial charge >= 0.3 is 0 Å². The Hall–Kier alpha value is -2.12. The summed E-state index contributed by atoms with van der Waals surface area (Å²) in [5.41, 5.74) is 2.00. The molecular weight excluding hydrogens is 361 g/mol. The van der Waals surface area contributed by atoms with Crippen molar-refractivity contribution in [2.45, 2.75) is 13.0 Å². The number of hydrogen-bond donors (Lipinski definition) is 2. The zero-order chi connectivity index (χ0) is 18.9. The Balaban J connectivity index is 1.31. The van der Waals surface area contributed by atoms with Gasteiger partial charge in [-0.25, -0.2) is 4.39 Å². The summed E-state index contributed by atoms with van der Waals surface area (Å²) in [4.78, 5) is 8.85. The molecule has 2 N–H and O–H groups in total. The minimum atomic E-state index is -0.128. The van der Waals surface area contributed by atoms with Crippen LogP contribution in [0.5, 0.6) is 0 Å². The largest absolute Gasteiger partial charge is 0.367 e. The summed E-state index contributed by atoms with van der Waals surface area (Å²) in [6.07, 6.45) is 1.05. The van der Waals surface area contributed by atoms with E-state index in [2.05, 4.69) is 42.3 Å². The van der Waals surface area contributed by atoms with Gasteiger partial charge in [0.1, 0.15) is 5.82 Å². The molecule has 1 aromatic carbocycles. The number of benzene rings is 1. The predicted octanol–water partition coefficient (Wildman–Crippen LogP) is 2.76. The monoisotopic (exact) mass is 389 g/mol. The molecule has 27 heavy (non-hydrogen) atoms. The van der Waals surface area contributed by atoms with Gasteiger partial charge < -0.3 is 15.5 Å². The number of para-hydroxylation sites is 1. The molecule has 0 saturated carbocycles. The molecule has 0 unspecified atom stereocenters. The molecule has 1 saturated heterocycles. The molecule has 0 amide bonds. The highest BCUT2D eigenvalue weighted by molar-refractivity contribution is 7.07. The highest BCUT2D eigenvalue weighted by Gasteiger charge is 2.18. The molecule has 0 bridgehead atoms. The van der Waals surface area contributed by atoms with Gasteiger partial charge in [0.2, 0.25) is 0 Å². The van der Waals surface area contributed by atoms with Gasteiger partial charge in [-0.3, -0.25) is 9.89 Å². The van der Waals surface area contributed by atoms with Gasteiger partial charge in [-0.2, -0.15) is 11.3 Å². The highest BCUT2D eigenvalue weighted by atomic mass is 32.1. The number of aliphatic imine (C=N–C) groups is 1. The van der Waals surface area contributed by atoms with Crippen LogP contribution >= 0.6 is 11.3 Å². The number of nitrogens with one attached hydrogen (secondary N) is 2. The Labute approximate surface area is 164 Å². The quantitative estimate of drug-likeness (QED) is 0.434. The van der Waals surface area contributed by atoms with Crippen LogP contribution in [0.3, 0.4) is 0 Å². The van der Waals surface area contributed by atoms with E-state index in [1.165, 1.54) is 11.6 Å². The van der Waals surface area contributed by atoms with Gasteiger partial charge in [-0.15, -0.1) is 0 Å². The summed E-state index contributed by atoms with van der Waals surface area (Å²) in [5.74, 6) is 0.710. The maximum absolute atomic E-state index is 13.9. The molecule has 2 heterocycles. The lowest BCUT2D eigenvalue weighted by molar-refractivity contribution is 0.254. The number of anilines is 1. The minimum absolute atomic E-state index is 0.128. The van der Waals surface area contributed by atoms with Crippen molar-refractivity contribution >= 4 is 23.0 Å². The number of halogens is 1. The van der Waals surface area contributed by atoms with Crippen LogP contribution < -0.4 is 15.5 Å². The van der Waals surface area contributed by atoms with E-state index in [0.717, 1.165) is 63.9 Å². The van der Waals surface area contributed by atoms with Crippen molar-refractivity contribution in [3.05, 3.63) is 52.5 Å². The standard InChI is InChI=1S/C20H28FN5S/c1-22-20(24-15-17-7-14-27-16-17)23-8-4-9-25-10-12-26(13-11-25)19-6-3-2-5-18(19)21/h2-3,5-7,14,16H,4,8-13,15H2,1H3,(H2,22,23,24). The average Bonchev–Trinajstić information content (AvgIpc) is 3.22. The fourth-order valence-electron chi connectivity index (χ4n) is 3.23. The normalized spacial score (nSPS) is 15.8. The molecule has 0 spiro atoms. The van der Waals surface area contributed by atoms with Crippen LogP contribution in [-0.4, -0.2) is 57.2 Å². The Morgan fingerprint density at radius 2 is 1.96 bits per heavy atom. The SMILES string of the molecule is CN=C(NCCCN1CCN(c2ccccc2F)CC1)NCc1ccsc1. The summed E-state index contributed by atoms with van der Waals surface area (Å²) >= 11 is 1.71. The molecule has 0 radical (unpaired) electrons. The zero-order valence-electron chi connectivity index (χ0n) is 15.8. The van der Waals surface area contributed by atoms with Crippen LogP contribution in [0.1, 0.15) is 12.0 Å². The third-order valence-electron chi connectivity index (χ3n) is 4.77. The van der Waals surface area contributed by atoms with E-state index in [0.29, 0.717) is 0 Å². The summed E-state index contributed by atoms with van der Waals surface area (Å²) in [6.45, 7) is 6.41. The van der Waals surface area contributed by atoms with Crippen molar-refractivity contribution in [3.63, 3.8) is 0 Å². The van der Waals surface area contributed by atoms with Crippen molar-refractivity contribution < 1.29 is 4.39 Å². The molecule has 1 aliphatic rings. The Morgan fingerprint density at radius 1 is 1.15 bits per heavy atom. The summed E-state index contributed by atoms with van der Waals surface area (Å²) in [6, 6.07) is 9.16. The minimum Gasteiger partial charge on any atom is -0.367 e. The fraction of sp³-hybridized carbons (Fsp3) is 0.450. The Bertz CT molecular complexity index is 711. The molecule has 1 aliphatic heterocycles. The predicted molar refractivity (Wildman–Crippen MR) is 112 cm³/mol. The molecule has 5 nitrogen and oxygen atoms in total. The van der Waals surface area contributed by atoms with Crippen LogP contribution in [0.4, 0.5) is 10.1 Å². The van der Waals surface area contributed by atoms with E-state index in [9.17, 15) is 4.39 Å². The molecule has 146 valence electrons. The summed E-state index contributed by atoms with van der Waals surface area (Å²) < 4.78 is 13.9. The topological polar surface area (TPSA) is 42.9 Å². The lowest BCUT2D eigenvalue weighted by Gasteiger charge is -2.36. The first-order valence-electron chi connectivity index (χ1n) is 9.43. The van der Waals surface area contributed by atoms with Gasteiger partial charge in [0.25, 0.3) is 0 Å². The van der Waals surface area contributed by atoms with Crippen LogP contribution in [0.2, 0.25) is 0 Å². The van der Waals surface area contributed by atoms with Gasteiger partial charge in [-0.1, -0.05) is 12.1 Å². The maximum Gasteiger partial charge on any atom is 0.191 e. The number of thiophene rings is 1. The lowest BCUT2D eigenvalue weighted by Crippen LogP contribution is -2.47. The number of guanidine groups is 1. The van der Waals surface area contributed by atoms with Gasteiger partial charge in [-0.05, 0) is 47.5 Å². The number of rotatable bonds is 7. The average molecular weight is 390 g/mol. The molecular formula is C20H28FN5S. The summed E-state index contributed by atoms with van der Waals surface area (Å²) in [5, 5.41) is 10.9. The third kappa shape index (κ3) is 5.94. The molecule has 2 aromatic rings. The second-order valence-electron chi connectivity index (χ2n) is 6.62. The van der Waals surface area contributed by atoms with E-state index in [4.69, 9.17) is 0 Å². The van der Waals surface area contributed by atoms with E-state index in [-0.39, 0.29) is 5.82 Å². The van der Waals surface area contributed by atoms with Gasteiger partial charge in [0, 0.05) is 46.3 Å².